The molecule has 144 valence electrons. The fourth-order valence-electron chi connectivity index (χ4n) is 2.10. The Morgan fingerprint density at radius 3 is 2.37 bits per heavy atom. The lowest BCUT2D eigenvalue weighted by Gasteiger charge is -2.11. The highest BCUT2D eigenvalue weighted by atomic mass is 35.5. The molecule has 0 spiro atoms. The molecule has 0 amide bonds. The van der Waals surface area contributed by atoms with Gasteiger partial charge in [0.1, 0.15) is 5.75 Å². The summed E-state index contributed by atoms with van der Waals surface area (Å²) in [5, 5.41) is 2.96. The Morgan fingerprint density at radius 1 is 1.15 bits per heavy atom. The summed E-state index contributed by atoms with van der Waals surface area (Å²) in [6.07, 6.45) is 1.07. The Kier molecular flexibility index (Phi) is 7.12. The minimum absolute atomic E-state index is 0.0164. The molecule has 2 rings (SSSR count). The number of methoxy groups -OCH3 is 1. The predicted molar refractivity (Wildman–Crippen MR) is 105 cm³/mol. The third kappa shape index (κ3) is 5.15. The number of hydrogen-bond acceptors (Lipinski definition) is 6. The van der Waals surface area contributed by atoms with E-state index in [-0.39, 0.29) is 21.5 Å². The van der Waals surface area contributed by atoms with E-state index in [4.69, 9.17) is 32.7 Å². The number of benzene rings is 2. The largest absolute Gasteiger partial charge is 0.497 e. The zero-order valence-electron chi connectivity index (χ0n) is 14.5. The van der Waals surface area contributed by atoms with Crippen LogP contribution in [0.2, 0.25) is 10.0 Å². The third-order valence-corrected chi connectivity index (χ3v) is 5.87. The van der Waals surface area contributed by atoms with E-state index in [9.17, 15) is 13.2 Å². The normalized spacial score (nSPS) is 11.8. The van der Waals surface area contributed by atoms with Crippen LogP contribution in [0.1, 0.15) is 6.92 Å². The molecule has 9 heteroatoms. The second kappa shape index (κ2) is 9.12. The lowest BCUT2D eigenvalue weighted by Crippen LogP contribution is -2.18. The maximum Gasteiger partial charge on any atom is 0.351 e. The van der Waals surface area contributed by atoms with Crippen LogP contribution in [0.25, 0.3) is 0 Å². The standard InChI is InChI=1S/C18H17Cl2NO5S/c1-3-26-18(22)17(11-21-13-5-7-14(25-2)8-6-13)27(23,24)16-9-4-12(19)10-15(16)20/h4-11,21H,3H2,1-2H3/b17-11+. The molecule has 0 aliphatic rings. The SMILES string of the molecule is CCOC(=O)/C(=C\Nc1ccc(OC)cc1)S(=O)(=O)c1ccc(Cl)cc1Cl. The summed E-state index contributed by atoms with van der Waals surface area (Å²) in [5.41, 5.74) is 0.551. The van der Waals surface area contributed by atoms with Crippen molar-refractivity contribution in [3.8, 4) is 5.75 Å². The quantitative estimate of drug-likeness (QED) is 0.521. The molecule has 27 heavy (non-hydrogen) atoms. The molecule has 0 fully saturated rings. The molecule has 2 aromatic rings. The van der Waals surface area contributed by atoms with Gasteiger partial charge in [0.2, 0.25) is 9.84 Å². The van der Waals surface area contributed by atoms with Crippen molar-refractivity contribution in [2.75, 3.05) is 19.0 Å². The number of carbonyl (C=O) groups excluding carboxylic acids is 1. The van der Waals surface area contributed by atoms with Crippen LogP contribution in [0.4, 0.5) is 5.69 Å². The molecule has 0 unspecified atom stereocenters. The van der Waals surface area contributed by atoms with Gasteiger partial charge in [0.05, 0.1) is 23.6 Å². The minimum Gasteiger partial charge on any atom is -0.497 e. The summed E-state index contributed by atoms with van der Waals surface area (Å²) in [6.45, 7) is 1.59. The van der Waals surface area contributed by atoms with Gasteiger partial charge in [-0.25, -0.2) is 13.2 Å². The minimum atomic E-state index is -4.24. The van der Waals surface area contributed by atoms with Crippen molar-refractivity contribution in [2.24, 2.45) is 0 Å². The van der Waals surface area contributed by atoms with Crippen molar-refractivity contribution in [1.82, 2.24) is 0 Å². The molecule has 0 saturated carbocycles. The third-order valence-electron chi connectivity index (χ3n) is 3.41. The monoisotopic (exact) mass is 429 g/mol. The summed E-state index contributed by atoms with van der Waals surface area (Å²) in [6, 6.07) is 10.6. The molecule has 0 aromatic heterocycles. The van der Waals surface area contributed by atoms with Crippen LogP contribution in [-0.2, 0) is 19.4 Å². The van der Waals surface area contributed by atoms with Crippen molar-refractivity contribution < 1.29 is 22.7 Å². The Hall–Kier alpha value is -2.22. The maximum atomic E-state index is 12.9. The van der Waals surface area contributed by atoms with Crippen molar-refractivity contribution in [3.05, 3.63) is 63.6 Å². The van der Waals surface area contributed by atoms with Gasteiger partial charge >= 0.3 is 5.97 Å². The number of carbonyl (C=O) groups is 1. The number of rotatable bonds is 7. The Labute approximate surface area is 167 Å². The average Bonchev–Trinajstić information content (AvgIpc) is 2.62. The first kappa shape index (κ1) is 21.1. The fourth-order valence-corrected chi connectivity index (χ4v) is 4.10. The van der Waals surface area contributed by atoms with Crippen molar-refractivity contribution in [1.29, 1.82) is 0 Å². The van der Waals surface area contributed by atoms with Crippen LogP contribution < -0.4 is 10.1 Å². The van der Waals surface area contributed by atoms with E-state index >= 15 is 0 Å². The Morgan fingerprint density at radius 2 is 1.81 bits per heavy atom. The first-order valence-electron chi connectivity index (χ1n) is 7.77. The van der Waals surface area contributed by atoms with Gasteiger partial charge < -0.3 is 14.8 Å². The van der Waals surface area contributed by atoms with E-state index in [0.717, 1.165) is 6.20 Å². The van der Waals surface area contributed by atoms with Gasteiger partial charge in [-0.1, -0.05) is 23.2 Å². The van der Waals surface area contributed by atoms with E-state index in [1.807, 2.05) is 0 Å². The van der Waals surface area contributed by atoms with E-state index in [1.165, 1.54) is 25.3 Å². The number of hydrogen-bond donors (Lipinski definition) is 1. The molecule has 0 aliphatic carbocycles. The predicted octanol–water partition coefficient (Wildman–Crippen LogP) is 4.29. The van der Waals surface area contributed by atoms with E-state index in [0.29, 0.717) is 11.4 Å². The number of sulfone groups is 1. The molecule has 6 nitrogen and oxygen atoms in total. The Balaban J connectivity index is 2.44. The molecule has 0 saturated heterocycles. The van der Waals surface area contributed by atoms with Gasteiger partial charge in [-0.05, 0) is 49.4 Å². The van der Waals surface area contributed by atoms with Gasteiger partial charge in [-0.2, -0.15) is 0 Å². The highest BCUT2D eigenvalue weighted by Gasteiger charge is 2.30. The first-order chi connectivity index (χ1) is 12.8. The van der Waals surface area contributed by atoms with Gasteiger partial charge in [0.25, 0.3) is 0 Å². The zero-order chi connectivity index (χ0) is 20.0. The Bertz CT molecular complexity index is 956. The molecule has 0 bridgehead atoms. The molecule has 0 heterocycles. The second-order valence-electron chi connectivity index (χ2n) is 5.18. The summed E-state index contributed by atoms with van der Waals surface area (Å²) < 4.78 is 35.8. The maximum absolute atomic E-state index is 12.9. The number of anilines is 1. The lowest BCUT2D eigenvalue weighted by atomic mass is 10.3. The molecule has 1 N–H and O–H groups in total. The van der Waals surface area contributed by atoms with Crippen LogP contribution >= 0.6 is 23.2 Å². The second-order valence-corrected chi connectivity index (χ2v) is 7.91. The average molecular weight is 430 g/mol. The smallest absolute Gasteiger partial charge is 0.351 e. The number of esters is 1. The van der Waals surface area contributed by atoms with Crippen LogP contribution in [0, 0.1) is 0 Å². The summed E-state index contributed by atoms with van der Waals surface area (Å²) >= 11 is 11.8. The first-order valence-corrected chi connectivity index (χ1v) is 10.0. The highest BCUT2D eigenvalue weighted by molar-refractivity contribution is 7.96. The molecule has 0 atom stereocenters. The molecule has 2 aromatic carbocycles. The van der Waals surface area contributed by atoms with Gasteiger partial charge in [-0.3, -0.25) is 0 Å². The summed E-state index contributed by atoms with van der Waals surface area (Å²) in [7, 11) is -2.71. The van der Waals surface area contributed by atoms with E-state index < -0.39 is 20.7 Å². The van der Waals surface area contributed by atoms with Crippen LogP contribution in [0.5, 0.6) is 5.75 Å². The summed E-state index contributed by atoms with van der Waals surface area (Å²) in [4.78, 5) is 11.4. The molecule has 0 radical (unpaired) electrons. The number of nitrogens with one attached hydrogen (secondary N) is 1. The van der Waals surface area contributed by atoms with Gasteiger partial charge in [0, 0.05) is 16.9 Å². The molecular weight excluding hydrogens is 413 g/mol. The summed E-state index contributed by atoms with van der Waals surface area (Å²) in [5.74, 6) is -0.361. The number of ether oxygens (including phenoxy) is 2. The van der Waals surface area contributed by atoms with Crippen molar-refractivity contribution in [2.45, 2.75) is 11.8 Å². The van der Waals surface area contributed by atoms with Crippen LogP contribution in [0.3, 0.4) is 0 Å². The van der Waals surface area contributed by atoms with Gasteiger partial charge in [-0.15, -0.1) is 0 Å². The lowest BCUT2D eigenvalue weighted by molar-refractivity contribution is -0.137. The fraction of sp³-hybridized carbons (Fsp3) is 0.167. The van der Waals surface area contributed by atoms with Crippen LogP contribution in [-0.4, -0.2) is 28.1 Å². The van der Waals surface area contributed by atoms with Crippen molar-refractivity contribution >= 4 is 44.7 Å². The number of halogens is 2. The van der Waals surface area contributed by atoms with Crippen LogP contribution in [0.15, 0.2) is 58.5 Å². The van der Waals surface area contributed by atoms with E-state index in [1.54, 1.807) is 31.2 Å². The van der Waals surface area contributed by atoms with E-state index in [2.05, 4.69) is 5.32 Å². The topological polar surface area (TPSA) is 81.7 Å². The zero-order valence-corrected chi connectivity index (χ0v) is 16.9. The van der Waals surface area contributed by atoms with Gasteiger partial charge in [0.15, 0.2) is 4.91 Å². The van der Waals surface area contributed by atoms with Crippen molar-refractivity contribution in [3.63, 3.8) is 0 Å². The highest BCUT2D eigenvalue weighted by Crippen LogP contribution is 2.30. The molecular formula is C18H17Cl2NO5S. The molecule has 0 aliphatic heterocycles.